The van der Waals surface area contributed by atoms with E-state index in [1.54, 1.807) is 6.33 Å². The highest BCUT2D eigenvalue weighted by Crippen LogP contribution is 2.21. The molecule has 0 aliphatic rings. The van der Waals surface area contributed by atoms with Gasteiger partial charge in [0.2, 0.25) is 0 Å². The van der Waals surface area contributed by atoms with Crippen LogP contribution >= 0.6 is 0 Å². The first kappa shape index (κ1) is 17.4. The number of hydrogen-bond donors (Lipinski definition) is 3. The summed E-state index contributed by atoms with van der Waals surface area (Å²) < 4.78 is 0. The molecule has 132 valence electrons. The van der Waals surface area contributed by atoms with E-state index in [2.05, 4.69) is 25.9 Å². The minimum atomic E-state index is -0.198. The molecule has 0 fully saturated rings. The van der Waals surface area contributed by atoms with Crippen molar-refractivity contribution >= 4 is 23.2 Å². The van der Waals surface area contributed by atoms with Gasteiger partial charge in [-0.25, -0.2) is 14.8 Å². The fourth-order valence-corrected chi connectivity index (χ4v) is 2.39. The lowest BCUT2D eigenvalue weighted by Gasteiger charge is -2.09. The number of anilines is 3. The molecule has 1 aromatic heterocycles. The number of nitrogens with zero attached hydrogens (tertiary/aromatic N) is 2. The van der Waals surface area contributed by atoms with Gasteiger partial charge < -0.3 is 16.0 Å². The van der Waals surface area contributed by atoms with Gasteiger partial charge in [0, 0.05) is 29.5 Å². The first-order valence-corrected chi connectivity index (χ1v) is 8.54. The van der Waals surface area contributed by atoms with E-state index in [-0.39, 0.29) is 6.03 Å². The van der Waals surface area contributed by atoms with Crippen molar-refractivity contribution in [3.8, 4) is 11.3 Å². The Morgan fingerprint density at radius 2 is 1.69 bits per heavy atom. The molecule has 3 N–H and O–H groups in total. The van der Waals surface area contributed by atoms with Gasteiger partial charge in [0.15, 0.2) is 0 Å². The summed E-state index contributed by atoms with van der Waals surface area (Å²) in [5.41, 5.74) is 3.50. The minimum absolute atomic E-state index is 0.198. The third kappa shape index (κ3) is 4.80. The average molecular weight is 347 g/mol. The maximum Gasteiger partial charge on any atom is 0.319 e. The van der Waals surface area contributed by atoms with E-state index in [1.807, 2.05) is 67.6 Å². The molecule has 1 heterocycles. The number of carbonyl (C=O) groups excluding carboxylic acids is 1. The molecule has 2 amide bonds. The van der Waals surface area contributed by atoms with Crippen LogP contribution < -0.4 is 16.0 Å². The van der Waals surface area contributed by atoms with Crippen molar-refractivity contribution in [2.75, 3.05) is 17.2 Å². The lowest BCUT2D eigenvalue weighted by atomic mass is 10.1. The van der Waals surface area contributed by atoms with Crippen LogP contribution in [0, 0.1) is 0 Å². The largest absolute Gasteiger partial charge is 0.340 e. The maximum absolute atomic E-state index is 11.7. The predicted octanol–water partition coefficient (Wildman–Crippen LogP) is 4.42. The second-order valence-corrected chi connectivity index (χ2v) is 5.74. The summed E-state index contributed by atoms with van der Waals surface area (Å²) in [6, 6.07) is 19.1. The van der Waals surface area contributed by atoms with Crippen LogP contribution in [-0.2, 0) is 0 Å². The smallest absolute Gasteiger partial charge is 0.319 e. The van der Waals surface area contributed by atoms with Gasteiger partial charge in [0.1, 0.15) is 12.1 Å². The van der Waals surface area contributed by atoms with E-state index >= 15 is 0 Å². The van der Waals surface area contributed by atoms with E-state index in [9.17, 15) is 4.79 Å². The van der Waals surface area contributed by atoms with Gasteiger partial charge in [0.25, 0.3) is 0 Å². The molecular formula is C20H21N5O. The first-order valence-electron chi connectivity index (χ1n) is 8.54. The number of carbonyl (C=O) groups is 1. The molecule has 6 heteroatoms. The monoisotopic (exact) mass is 347 g/mol. The fraction of sp³-hybridized carbons (Fsp3) is 0.150. The number of nitrogens with one attached hydrogen (secondary N) is 3. The third-order valence-corrected chi connectivity index (χ3v) is 3.69. The van der Waals surface area contributed by atoms with Crippen LogP contribution in [0.2, 0.25) is 0 Å². The Bertz CT molecular complexity index is 850. The molecule has 3 aromatic rings. The van der Waals surface area contributed by atoms with E-state index in [0.717, 1.165) is 29.1 Å². The zero-order chi connectivity index (χ0) is 18.2. The zero-order valence-electron chi connectivity index (χ0n) is 14.6. The molecule has 6 nitrogen and oxygen atoms in total. The second-order valence-electron chi connectivity index (χ2n) is 5.74. The molecule has 0 aliphatic heterocycles. The summed E-state index contributed by atoms with van der Waals surface area (Å²) in [6.45, 7) is 2.67. The molecule has 0 saturated carbocycles. The van der Waals surface area contributed by atoms with Gasteiger partial charge in [-0.2, -0.15) is 0 Å². The van der Waals surface area contributed by atoms with E-state index in [0.29, 0.717) is 12.4 Å². The van der Waals surface area contributed by atoms with Crippen LogP contribution in [0.1, 0.15) is 13.3 Å². The molecule has 0 radical (unpaired) electrons. The van der Waals surface area contributed by atoms with Crippen molar-refractivity contribution in [2.45, 2.75) is 13.3 Å². The normalized spacial score (nSPS) is 10.2. The van der Waals surface area contributed by atoms with Crippen LogP contribution in [0.25, 0.3) is 11.3 Å². The fourth-order valence-electron chi connectivity index (χ4n) is 2.39. The molecule has 0 spiro atoms. The van der Waals surface area contributed by atoms with Crippen LogP contribution in [0.4, 0.5) is 22.0 Å². The van der Waals surface area contributed by atoms with Gasteiger partial charge in [-0.3, -0.25) is 0 Å². The highest BCUT2D eigenvalue weighted by atomic mass is 16.2. The summed E-state index contributed by atoms with van der Waals surface area (Å²) >= 11 is 0. The van der Waals surface area contributed by atoms with E-state index < -0.39 is 0 Å². The number of urea groups is 1. The van der Waals surface area contributed by atoms with Gasteiger partial charge >= 0.3 is 6.03 Å². The standard InChI is InChI=1S/C20H21N5O/c1-2-12-21-20(26)25-17-10-8-16(9-11-17)24-19-13-18(22-14-23-19)15-6-4-3-5-7-15/h3-11,13-14H,2,12H2,1H3,(H2,21,25,26)(H,22,23,24). The van der Waals surface area contributed by atoms with Gasteiger partial charge in [-0.15, -0.1) is 0 Å². The van der Waals surface area contributed by atoms with E-state index in [4.69, 9.17) is 0 Å². The van der Waals surface area contributed by atoms with Crippen molar-refractivity contribution < 1.29 is 4.79 Å². The molecule has 0 atom stereocenters. The van der Waals surface area contributed by atoms with Crippen molar-refractivity contribution in [3.63, 3.8) is 0 Å². The highest BCUT2D eigenvalue weighted by Gasteiger charge is 2.03. The lowest BCUT2D eigenvalue weighted by molar-refractivity contribution is 0.252. The Hall–Kier alpha value is -3.41. The molecular weight excluding hydrogens is 326 g/mol. The van der Waals surface area contributed by atoms with Crippen molar-refractivity contribution in [3.05, 3.63) is 67.0 Å². The van der Waals surface area contributed by atoms with Gasteiger partial charge in [-0.05, 0) is 30.7 Å². The van der Waals surface area contributed by atoms with Crippen molar-refractivity contribution in [1.29, 1.82) is 0 Å². The summed E-state index contributed by atoms with van der Waals surface area (Å²) in [7, 11) is 0. The quantitative estimate of drug-likeness (QED) is 0.617. The van der Waals surface area contributed by atoms with E-state index in [1.165, 1.54) is 0 Å². The summed E-state index contributed by atoms with van der Waals surface area (Å²) in [5.74, 6) is 0.709. The molecule has 0 bridgehead atoms. The predicted molar refractivity (Wildman–Crippen MR) is 105 cm³/mol. The summed E-state index contributed by atoms with van der Waals surface area (Å²) in [5, 5.41) is 8.82. The van der Waals surface area contributed by atoms with Crippen LogP contribution in [0.15, 0.2) is 67.0 Å². The Kier molecular flexibility index (Phi) is 5.77. The van der Waals surface area contributed by atoms with Gasteiger partial charge in [0.05, 0.1) is 5.69 Å². The molecule has 3 rings (SSSR count). The Labute approximate surface area is 152 Å². The Morgan fingerprint density at radius 3 is 2.42 bits per heavy atom. The number of hydrogen-bond acceptors (Lipinski definition) is 4. The van der Waals surface area contributed by atoms with Gasteiger partial charge in [-0.1, -0.05) is 37.3 Å². The minimum Gasteiger partial charge on any atom is -0.340 e. The number of amides is 2. The molecule has 2 aromatic carbocycles. The maximum atomic E-state index is 11.7. The number of aromatic nitrogens is 2. The number of benzene rings is 2. The van der Waals surface area contributed by atoms with Crippen LogP contribution in [0.3, 0.4) is 0 Å². The molecule has 26 heavy (non-hydrogen) atoms. The summed E-state index contributed by atoms with van der Waals surface area (Å²) in [4.78, 5) is 20.2. The summed E-state index contributed by atoms with van der Waals surface area (Å²) in [6.07, 6.45) is 2.44. The van der Waals surface area contributed by atoms with Crippen LogP contribution in [0.5, 0.6) is 0 Å². The Balaban J connectivity index is 1.65. The van der Waals surface area contributed by atoms with Crippen molar-refractivity contribution in [2.24, 2.45) is 0 Å². The molecule has 0 aliphatic carbocycles. The number of rotatable bonds is 6. The molecule has 0 unspecified atom stereocenters. The second kappa shape index (κ2) is 8.62. The van der Waals surface area contributed by atoms with Crippen LogP contribution in [-0.4, -0.2) is 22.5 Å². The first-order chi connectivity index (χ1) is 12.7. The third-order valence-electron chi connectivity index (χ3n) is 3.69. The zero-order valence-corrected chi connectivity index (χ0v) is 14.6. The SMILES string of the molecule is CCCNC(=O)Nc1ccc(Nc2cc(-c3ccccc3)ncn2)cc1. The van der Waals surface area contributed by atoms with Crippen molar-refractivity contribution in [1.82, 2.24) is 15.3 Å². The topological polar surface area (TPSA) is 78.9 Å². The lowest BCUT2D eigenvalue weighted by Crippen LogP contribution is -2.29. The Morgan fingerprint density at radius 1 is 0.962 bits per heavy atom. The molecule has 0 saturated heterocycles. The highest BCUT2D eigenvalue weighted by molar-refractivity contribution is 5.89. The average Bonchev–Trinajstić information content (AvgIpc) is 2.69.